The van der Waals surface area contributed by atoms with Gasteiger partial charge in [0.25, 0.3) is 0 Å². The van der Waals surface area contributed by atoms with Crippen molar-refractivity contribution in [3.63, 3.8) is 0 Å². The van der Waals surface area contributed by atoms with Gasteiger partial charge >= 0.3 is 6.18 Å². The van der Waals surface area contributed by atoms with Gasteiger partial charge in [0, 0.05) is 58.4 Å². The summed E-state index contributed by atoms with van der Waals surface area (Å²) in [6.45, 7) is 6.09. The number of hydrogen-bond acceptors (Lipinski definition) is 4. The molecular formula is C19H27F3IN7. The van der Waals surface area contributed by atoms with Crippen molar-refractivity contribution in [1.29, 1.82) is 0 Å². The minimum Gasteiger partial charge on any atom is -0.368 e. The van der Waals surface area contributed by atoms with Gasteiger partial charge in [0.15, 0.2) is 5.96 Å². The lowest BCUT2D eigenvalue weighted by atomic mass is 10.1. The Labute approximate surface area is 191 Å². The first-order chi connectivity index (χ1) is 13.9. The molecule has 1 aromatic carbocycles. The number of halogens is 4. The van der Waals surface area contributed by atoms with Crippen LogP contribution in [0.15, 0.2) is 35.6 Å². The molecule has 0 unspecified atom stereocenters. The van der Waals surface area contributed by atoms with Gasteiger partial charge in [-0.15, -0.1) is 34.2 Å². The fourth-order valence-electron chi connectivity index (χ4n) is 3.42. The number of aryl methyl sites for hydroxylation is 1. The van der Waals surface area contributed by atoms with Crippen molar-refractivity contribution < 1.29 is 13.2 Å². The molecule has 2 heterocycles. The Kier molecular flexibility index (Phi) is 8.74. The molecule has 3 rings (SSSR count). The van der Waals surface area contributed by atoms with Crippen LogP contribution in [0.25, 0.3) is 0 Å². The second-order valence-corrected chi connectivity index (χ2v) is 6.79. The molecule has 1 saturated heterocycles. The van der Waals surface area contributed by atoms with E-state index in [9.17, 15) is 13.2 Å². The van der Waals surface area contributed by atoms with Crippen LogP contribution in [0.5, 0.6) is 0 Å². The molecule has 1 aromatic heterocycles. The van der Waals surface area contributed by atoms with E-state index in [4.69, 9.17) is 0 Å². The molecule has 0 aliphatic carbocycles. The first-order valence-corrected chi connectivity index (χ1v) is 9.67. The lowest BCUT2D eigenvalue weighted by molar-refractivity contribution is -0.137. The molecule has 1 fully saturated rings. The molecule has 0 atom stereocenters. The third kappa shape index (κ3) is 5.99. The average Bonchev–Trinajstić information content (AvgIpc) is 3.18. The highest BCUT2D eigenvalue weighted by atomic mass is 127. The molecule has 0 bridgehead atoms. The fraction of sp³-hybridized carbons (Fsp3) is 0.526. The number of aliphatic imine (C=N–C) groups is 1. The monoisotopic (exact) mass is 537 g/mol. The number of nitrogens with zero attached hydrogens (tertiary/aromatic N) is 6. The van der Waals surface area contributed by atoms with Crippen LogP contribution in [0.4, 0.5) is 18.9 Å². The average molecular weight is 537 g/mol. The van der Waals surface area contributed by atoms with Gasteiger partial charge in [-0.3, -0.25) is 4.99 Å². The van der Waals surface area contributed by atoms with Gasteiger partial charge in [0.1, 0.15) is 12.2 Å². The summed E-state index contributed by atoms with van der Waals surface area (Å²) < 4.78 is 40.9. The van der Waals surface area contributed by atoms with Gasteiger partial charge < -0.3 is 19.7 Å². The zero-order valence-electron chi connectivity index (χ0n) is 17.1. The van der Waals surface area contributed by atoms with E-state index in [-0.39, 0.29) is 24.0 Å². The third-order valence-electron chi connectivity index (χ3n) is 4.98. The van der Waals surface area contributed by atoms with Gasteiger partial charge in [0.05, 0.1) is 5.56 Å². The maximum Gasteiger partial charge on any atom is 0.416 e. The Morgan fingerprint density at radius 2 is 1.93 bits per heavy atom. The van der Waals surface area contributed by atoms with Crippen LogP contribution in [-0.4, -0.2) is 65.4 Å². The summed E-state index contributed by atoms with van der Waals surface area (Å²) in [5.41, 5.74) is -0.0162. The van der Waals surface area contributed by atoms with Gasteiger partial charge in [0.2, 0.25) is 0 Å². The Balaban J connectivity index is 0.00000320. The first kappa shape index (κ1) is 24.2. The van der Waals surface area contributed by atoms with Crippen molar-refractivity contribution in [2.45, 2.75) is 26.1 Å². The summed E-state index contributed by atoms with van der Waals surface area (Å²) in [6, 6.07) is 5.50. The lowest BCUT2D eigenvalue weighted by Crippen LogP contribution is -2.53. The highest BCUT2D eigenvalue weighted by Gasteiger charge is 2.31. The predicted molar refractivity (Wildman–Crippen MR) is 121 cm³/mol. The number of rotatable bonds is 5. The van der Waals surface area contributed by atoms with Gasteiger partial charge in [-0.25, -0.2) is 0 Å². The van der Waals surface area contributed by atoms with Crippen LogP contribution in [0.3, 0.4) is 0 Å². The van der Waals surface area contributed by atoms with E-state index in [2.05, 4.69) is 25.4 Å². The molecule has 11 heteroatoms. The molecule has 1 aliphatic heterocycles. The van der Waals surface area contributed by atoms with E-state index in [1.54, 1.807) is 19.4 Å². The van der Waals surface area contributed by atoms with Crippen molar-refractivity contribution in [3.05, 3.63) is 42.0 Å². The number of anilines is 1. The summed E-state index contributed by atoms with van der Waals surface area (Å²) in [5, 5.41) is 11.3. The maximum atomic E-state index is 13.0. The number of piperazine rings is 1. The molecular weight excluding hydrogens is 510 g/mol. The van der Waals surface area contributed by atoms with E-state index < -0.39 is 11.7 Å². The molecule has 0 saturated carbocycles. The number of alkyl halides is 3. The number of nitrogens with one attached hydrogen (secondary N) is 1. The minimum atomic E-state index is -4.33. The lowest BCUT2D eigenvalue weighted by Gasteiger charge is -2.37. The fourth-order valence-corrected chi connectivity index (χ4v) is 3.42. The minimum absolute atomic E-state index is 0. The SMILES string of the molecule is CCc1nncn1CCNC(=NC)N1CCN(c2cccc(C(F)(F)F)c2)CC1.I. The second kappa shape index (κ2) is 10.8. The number of guanidine groups is 1. The van der Waals surface area contributed by atoms with Gasteiger partial charge in [-0.05, 0) is 18.2 Å². The summed E-state index contributed by atoms with van der Waals surface area (Å²) in [4.78, 5) is 8.44. The van der Waals surface area contributed by atoms with Crippen molar-refractivity contribution >= 4 is 35.6 Å². The van der Waals surface area contributed by atoms with E-state index in [1.807, 2.05) is 16.4 Å². The normalized spacial score (nSPS) is 15.2. The Morgan fingerprint density at radius 3 is 2.57 bits per heavy atom. The van der Waals surface area contributed by atoms with Crippen molar-refractivity contribution in [2.75, 3.05) is 44.7 Å². The molecule has 166 valence electrons. The molecule has 1 N–H and O–H groups in total. The Morgan fingerprint density at radius 1 is 1.20 bits per heavy atom. The zero-order chi connectivity index (χ0) is 20.9. The van der Waals surface area contributed by atoms with Crippen LogP contribution in [0, 0.1) is 0 Å². The van der Waals surface area contributed by atoms with E-state index >= 15 is 0 Å². The zero-order valence-corrected chi connectivity index (χ0v) is 19.4. The van der Waals surface area contributed by atoms with Gasteiger partial charge in [-0.1, -0.05) is 13.0 Å². The Hall–Kier alpha value is -2.05. The van der Waals surface area contributed by atoms with Gasteiger partial charge in [-0.2, -0.15) is 13.2 Å². The number of aromatic nitrogens is 3. The van der Waals surface area contributed by atoms with E-state index in [0.29, 0.717) is 38.4 Å². The largest absolute Gasteiger partial charge is 0.416 e. The van der Waals surface area contributed by atoms with E-state index in [0.717, 1.165) is 30.8 Å². The number of benzene rings is 1. The van der Waals surface area contributed by atoms with Crippen LogP contribution in [-0.2, 0) is 19.1 Å². The summed E-state index contributed by atoms with van der Waals surface area (Å²) >= 11 is 0. The van der Waals surface area contributed by atoms with Crippen molar-refractivity contribution in [2.24, 2.45) is 4.99 Å². The van der Waals surface area contributed by atoms with Crippen LogP contribution >= 0.6 is 24.0 Å². The number of hydrogen-bond donors (Lipinski definition) is 1. The van der Waals surface area contributed by atoms with Crippen LogP contribution < -0.4 is 10.2 Å². The molecule has 0 radical (unpaired) electrons. The molecule has 2 aromatic rings. The van der Waals surface area contributed by atoms with Crippen LogP contribution in [0.1, 0.15) is 18.3 Å². The smallest absolute Gasteiger partial charge is 0.368 e. The second-order valence-electron chi connectivity index (χ2n) is 6.79. The van der Waals surface area contributed by atoms with E-state index in [1.165, 1.54) is 12.1 Å². The quantitative estimate of drug-likeness (QED) is 0.361. The van der Waals surface area contributed by atoms with Crippen molar-refractivity contribution in [3.8, 4) is 0 Å². The maximum absolute atomic E-state index is 13.0. The summed E-state index contributed by atoms with van der Waals surface area (Å²) in [5.74, 6) is 1.73. The highest BCUT2D eigenvalue weighted by molar-refractivity contribution is 14.0. The highest BCUT2D eigenvalue weighted by Crippen LogP contribution is 2.31. The standard InChI is InChI=1S/C19H26F3N7.HI/c1-3-17-26-25-14-29(17)8-7-24-18(23-2)28-11-9-27(10-12-28)16-6-4-5-15(13-16)19(20,21)22;/h4-6,13-14H,3,7-12H2,1-2H3,(H,23,24);1H. The first-order valence-electron chi connectivity index (χ1n) is 9.67. The molecule has 7 nitrogen and oxygen atoms in total. The topological polar surface area (TPSA) is 61.6 Å². The molecule has 0 amide bonds. The third-order valence-corrected chi connectivity index (χ3v) is 4.98. The van der Waals surface area contributed by atoms with Crippen LogP contribution in [0.2, 0.25) is 0 Å². The summed E-state index contributed by atoms with van der Waals surface area (Å²) in [6.07, 6.45) is -1.78. The molecule has 1 aliphatic rings. The van der Waals surface area contributed by atoms with Crippen molar-refractivity contribution in [1.82, 2.24) is 25.0 Å². The summed E-state index contributed by atoms with van der Waals surface area (Å²) in [7, 11) is 1.73. The molecule has 0 spiro atoms. The molecule has 30 heavy (non-hydrogen) atoms. The predicted octanol–water partition coefficient (Wildman–Crippen LogP) is 2.87. The Bertz CT molecular complexity index is 830.